The van der Waals surface area contributed by atoms with Crippen LogP contribution < -0.4 is 0 Å². The Bertz CT molecular complexity index is 895. The van der Waals surface area contributed by atoms with Crippen molar-refractivity contribution < 1.29 is 9.53 Å². The van der Waals surface area contributed by atoms with Gasteiger partial charge in [-0.05, 0) is 36.6 Å². The highest BCUT2D eigenvalue weighted by molar-refractivity contribution is 5.92. The SMILES string of the molecule is Cc1ccc(C(=O)OC2c3ccccc3-c3ccccc32)c(C)c1. The molecular weight excluding hydrogens is 296 g/mol. The molecule has 0 bridgehead atoms. The molecule has 24 heavy (non-hydrogen) atoms. The summed E-state index contributed by atoms with van der Waals surface area (Å²) in [6.07, 6.45) is -0.342. The summed E-state index contributed by atoms with van der Waals surface area (Å²) in [5.74, 6) is -0.274. The Morgan fingerprint density at radius 1 is 0.833 bits per heavy atom. The normalized spacial score (nSPS) is 12.6. The molecule has 0 amide bonds. The zero-order valence-corrected chi connectivity index (χ0v) is 13.7. The van der Waals surface area contributed by atoms with Crippen molar-refractivity contribution in [1.29, 1.82) is 0 Å². The maximum atomic E-state index is 12.7. The molecule has 2 heteroatoms. The molecule has 0 aliphatic heterocycles. The van der Waals surface area contributed by atoms with Gasteiger partial charge in [0, 0.05) is 11.1 Å². The molecule has 0 aromatic heterocycles. The number of fused-ring (bicyclic) bond motifs is 3. The van der Waals surface area contributed by atoms with Crippen LogP contribution in [0.1, 0.15) is 38.7 Å². The molecule has 118 valence electrons. The van der Waals surface area contributed by atoms with E-state index in [4.69, 9.17) is 4.74 Å². The fraction of sp³-hybridized carbons (Fsp3) is 0.136. The highest BCUT2D eigenvalue weighted by atomic mass is 16.5. The van der Waals surface area contributed by atoms with Gasteiger partial charge in [0.25, 0.3) is 0 Å². The van der Waals surface area contributed by atoms with E-state index in [-0.39, 0.29) is 12.1 Å². The number of hydrogen-bond acceptors (Lipinski definition) is 2. The molecule has 3 aromatic rings. The van der Waals surface area contributed by atoms with E-state index in [1.165, 1.54) is 0 Å². The molecule has 0 heterocycles. The van der Waals surface area contributed by atoms with Gasteiger partial charge in [0.2, 0.25) is 0 Å². The predicted molar refractivity (Wildman–Crippen MR) is 95.1 cm³/mol. The van der Waals surface area contributed by atoms with Crippen molar-refractivity contribution in [2.45, 2.75) is 20.0 Å². The van der Waals surface area contributed by atoms with E-state index in [2.05, 4.69) is 12.1 Å². The molecule has 4 rings (SSSR count). The van der Waals surface area contributed by atoms with Crippen molar-refractivity contribution in [1.82, 2.24) is 0 Å². The Kier molecular flexibility index (Phi) is 3.46. The van der Waals surface area contributed by atoms with E-state index >= 15 is 0 Å². The highest BCUT2D eigenvalue weighted by Gasteiger charge is 2.31. The first-order valence-corrected chi connectivity index (χ1v) is 8.11. The number of aryl methyl sites for hydroxylation is 2. The monoisotopic (exact) mass is 314 g/mol. The van der Waals surface area contributed by atoms with Gasteiger partial charge in [-0.3, -0.25) is 0 Å². The Balaban J connectivity index is 1.73. The maximum absolute atomic E-state index is 12.7. The van der Waals surface area contributed by atoms with Gasteiger partial charge in [0.1, 0.15) is 0 Å². The van der Waals surface area contributed by atoms with Crippen molar-refractivity contribution in [2.24, 2.45) is 0 Å². The van der Waals surface area contributed by atoms with Crippen LogP contribution in [0.5, 0.6) is 0 Å². The zero-order valence-electron chi connectivity index (χ0n) is 13.7. The van der Waals surface area contributed by atoms with Crippen molar-refractivity contribution in [2.75, 3.05) is 0 Å². The minimum Gasteiger partial charge on any atom is -0.449 e. The summed E-state index contributed by atoms with van der Waals surface area (Å²) in [5, 5.41) is 0. The number of hydrogen-bond donors (Lipinski definition) is 0. The van der Waals surface area contributed by atoms with Crippen molar-refractivity contribution in [3.05, 3.63) is 94.5 Å². The minimum atomic E-state index is -0.342. The molecule has 2 nitrogen and oxygen atoms in total. The fourth-order valence-corrected chi connectivity index (χ4v) is 3.45. The molecule has 1 aliphatic carbocycles. The van der Waals surface area contributed by atoms with Crippen LogP contribution in [-0.2, 0) is 4.74 Å². The van der Waals surface area contributed by atoms with Crippen LogP contribution in [0.2, 0.25) is 0 Å². The summed E-state index contributed by atoms with van der Waals surface area (Å²) in [5.41, 5.74) is 7.11. The summed E-state index contributed by atoms with van der Waals surface area (Å²) < 4.78 is 5.93. The van der Waals surface area contributed by atoms with Gasteiger partial charge in [-0.25, -0.2) is 4.79 Å². The first-order valence-electron chi connectivity index (χ1n) is 8.11. The Morgan fingerprint density at radius 3 is 2.00 bits per heavy atom. The predicted octanol–water partition coefficient (Wildman–Crippen LogP) is 5.23. The number of carbonyl (C=O) groups is 1. The van der Waals surface area contributed by atoms with Gasteiger partial charge in [-0.15, -0.1) is 0 Å². The molecule has 3 aromatic carbocycles. The van der Waals surface area contributed by atoms with Gasteiger partial charge in [0.15, 0.2) is 6.10 Å². The maximum Gasteiger partial charge on any atom is 0.339 e. The first-order chi connectivity index (χ1) is 11.6. The van der Waals surface area contributed by atoms with E-state index in [0.29, 0.717) is 5.56 Å². The smallest absolute Gasteiger partial charge is 0.339 e. The summed E-state index contributed by atoms with van der Waals surface area (Å²) in [7, 11) is 0. The number of rotatable bonds is 2. The van der Waals surface area contributed by atoms with Crippen molar-refractivity contribution >= 4 is 5.97 Å². The third-order valence-electron chi connectivity index (χ3n) is 4.60. The van der Waals surface area contributed by atoms with Crippen molar-refractivity contribution in [3.8, 4) is 11.1 Å². The van der Waals surface area contributed by atoms with Gasteiger partial charge >= 0.3 is 5.97 Å². The minimum absolute atomic E-state index is 0.274. The summed E-state index contributed by atoms with van der Waals surface area (Å²) in [6, 6.07) is 22.1. The van der Waals surface area contributed by atoms with E-state index in [0.717, 1.165) is 33.4 Å². The summed E-state index contributed by atoms with van der Waals surface area (Å²) in [6.45, 7) is 3.96. The van der Waals surface area contributed by atoms with Crippen molar-refractivity contribution in [3.63, 3.8) is 0 Å². The molecule has 0 spiro atoms. The number of carbonyl (C=O) groups excluding carboxylic acids is 1. The second-order valence-electron chi connectivity index (χ2n) is 6.28. The molecule has 0 atom stereocenters. The Labute approximate surface area is 141 Å². The lowest BCUT2D eigenvalue weighted by Crippen LogP contribution is -2.12. The van der Waals surface area contributed by atoms with Gasteiger partial charge in [-0.2, -0.15) is 0 Å². The number of benzene rings is 3. The standard InChI is InChI=1S/C22H18O2/c1-14-11-12-16(15(2)13-14)22(23)24-21-19-9-5-3-7-17(19)18-8-4-6-10-20(18)21/h3-13,21H,1-2H3. The summed E-state index contributed by atoms with van der Waals surface area (Å²) in [4.78, 5) is 12.7. The Hall–Kier alpha value is -2.87. The van der Waals surface area contributed by atoms with Crippen LogP contribution in [0, 0.1) is 13.8 Å². The lowest BCUT2D eigenvalue weighted by atomic mass is 10.1. The van der Waals surface area contributed by atoms with E-state index < -0.39 is 0 Å². The van der Waals surface area contributed by atoms with E-state index in [9.17, 15) is 4.79 Å². The van der Waals surface area contributed by atoms with Crippen LogP contribution in [0.3, 0.4) is 0 Å². The first kappa shape index (κ1) is 14.7. The average molecular weight is 314 g/mol. The van der Waals surface area contributed by atoms with Crippen LogP contribution in [0.4, 0.5) is 0 Å². The van der Waals surface area contributed by atoms with Crippen LogP contribution in [0.15, 0.2) is 66.7 Å². The molecule has 0 N–H and O–H groups in total. The fourth-order valence-electron chi connectivity index (χ4n) is 3.45. The summed E-state index contributed by atoms with van der Waals surface area (Å²) >= 11 is 0. The topological polar surface area (TPSA) is 26.3 Å². The lowest BCUT2D eigenvalue weighted by Gasteiger charge is -2.16. The third-order valence-corrected chi connectivity index (χ3v) is 4.60. The average Bonchev–Trinajstić information content (AvgIpc) is 2.89. The van der Waals surface area contributed by atoms with Gasteiger partial charge < -0.3 is 4.74 Å². The van der Waals surface area contributed by atoms with Gasteiger partial charge in [0.05, 0.1) is 5.56 Å². The molecule has 0 saturated carbocycles. The second-order valence-corrected chi connectivity index (χ2v) is 6.28. The lowest BCUT2D eigenvalue weighted by molar-refractivity contribution is 0.0385. The molecule has 0 radical (unpaired) electrons. The number of esters is 1. The molecule has 0 unspecified atom stereocenters. The van der Waals surface area contributed by atoms with Crippen LogP contribution >= 0.6 is 0 Å². The molecule has 0 fully saturated rings. The molecule has 1 aliphatic rings. The Morgan fingerprint density at radius 2 is 1.42 bits per heavy atom. The van der Waals surface area contributed by atoms with Gasteiger partial charge in [-0.1, -0.05) is 66.2 Å². The van der Waals surface area contributed by atoms with Crippen LogP contribution in [0.25, 0.3) is 11.1 Å². The molecular formula is C22H18O2. The van der Waals surface area contributed by atoms with E-state index in [1.54, 1.807) is 0 Å². The molecule has 0 saturated heterocycles. The second kappa shape index (κ2) is 5.64. The van der Waals surface area contributed by atoms with Crippen LogP contribution in [-0.4, -0.2) is 5.97 Å². The highest BCUT2D eigenvalue weighted by Crippen LogP contribution is 2.45. The number of ether oxygens (including phenoxy) is 1. The zero-order chi connectivity index (χ0) is 16.7. The third kappa shape index (κ3) is 2.31. The quantitative estimate of drug-likeness (QED) is 0.605. The largest absolute Gasteiger partial charge is 0.449 e. The van der Waals surface area contributed by atoms with E-state index in [1.807, 2.05) is 68.4 Å².